The van der Waals surface area contributed by atoms with Crippen LogP contribution in [0.1, 0.15) is 23.9 Å². The molecule has 1 amide bonds. The molecule has 1 fully saturated rings. The maximum atomic E-state index is 12.2. The molecule has 1 aliphatic rings. The van der Waals surface area contributed by atoms with Crippen LogP contribution in [0.25, 0.3) is 0 Å². The van der Waals surface area contributed by atoms with Crippen LogP contribution in [-0.4, -0.2) is 36.5 Å². The predicted octanol–water partition coefficient (Wildman–Crippen LogP) is 1.87. The first-order valence-electron chi connectivity index (χ1n) is 5.49. The van der Waals surface area contributed by atoms with Gasteiger partial charge in [0.1, 0.15) is 0 Å². The Bertz CT molecular complexity index is 372. The summed E-state index contributed by atoms with van der Waals surface area (Å²) in [6, 6.07) is 3.74. The molecule has 88 valence electrons. The fourth-order valence-electron chi connectivity index (χ4n) is 2.04. The first kappa shape index (κ1) is 11.7. The van der Waals surface area contributed by atoms with E-state index < -0.39 is 0 Å². The van der Waals surface area contributed by atoms with Gasteiger partial charge in [-0.1, -0.05) is 0 Å². The molecule has 5 heteroatoms. The van der Waals surface area contributed by atoms with E-state index in [0.717, 1.165) is 19.5 Å². The molecule has 1 unspecified atom stereocenters. The minimum atomic E-state index is -0.0260. The third-order valence-corrected chi connectivity index (χ3v) is 3.29. The lowest BCUT2D eigenvalue weighted by Gasteiger charge is -2.26. The third kappa shape index (κ3) is 2.30. The van der Waals surface area contributed by atoms with E-state index in [2.05, 4.69) is 21.2 Å². The van der Waals surface area contributed by atoms with Crippen LogP contribution in [0.2, 0.25) is 0 Å². The minimum absolute atomic E-state index is 0.0260. The summed E-state index contributed by atoms with van der Waals surface area (Å²) in [5.41, 5.74) is 0. The van der Waals surface area contributed by atoms with Crippen molar-refractivity contribution in [1.82, 2.24) is 10.2 Å². The van der Waals surface area contributed by atoms with Crippen molar-refractivity contribution in [3.05, 3.63) is 22.6 Å². The average molecular weight is 287 g/mol. The van der Waals surface area contributed by atoms with Gasteiger partial charge >= 0.3 is 0 Å². The summed E-state index contributed by atoms with van der Waals surface area (Å²) in [6.07, 6.45) is 1.02. The number of nitrogens with zero attached hydrogens (tertiary/aromatic N) is 1. The van der Waals surface area contributed by atoms with E-state index in [9.17, 15) is 4.79 Å². The molecule has 0 spiro atoms. The summed E-state index contributed by atoms with van der Waals surface area (Å²) in [5.74, 6) is 0.377. The van der Waals surface area contributed by atoms with E-state index >= 15 is 0 Å². The van der Waals surface area contributed by atoms with Gasteiger partial charge < -0.3 is 14.6 Å². The predicted molar refractivity (Wildman–Crippen MR) is 64.4 cm³/mol. The highest BCUT2D eigenvalue weighted by Gasteiger charge is 2.27. The van der Waals surface area contributed by atoms with Gasteiger partial charge in [-0.15, -0.1) is 0 Å². The second kappa shape index (κ2) is 5.01. The van der Waals surface area contributed by atoms with Crippen molar-refractivity contribution in [2.24, 2.45) is 0 Å². The van der Waals surface area contributed by atoms with Crippen molar-refractivity contribution in [1.29, 1.82) is 0 Å². The molecule has 0 radical (unpaired) electrons. The molecule has 0 aromatic carbocycles. The molecule has 1 aliphatic heterocycles. The highest BCUT2D eigenvalue weighted by Crippen LogP contribution is 2.18. The van der Waals surface area contributed by atoms with Crippen molar-refractivity contribution in [3.8, 4) is 0 Å². The number of carbonyl (C=O) groups is 1. The number of hydrogen-bond donors (Lipinski definition) is 1. The molecule has 4 nitrogen and oxygen atoms in total. The van der Waals surface area contributed by atoms with E-state index in [4.69, 9.17) is 4.42 Å². The van der Waals surface area contributed by atoms with Crippen LogP contribution in [0, 0.1) is 0 Å². The van der Waals surface area contributed by atoms with Gasteiger partial charge in [0.05, 0.1) is 0 Å². The molecule has 1 aromatic rings. The second-order valence-electron chi connectivity index (χ2n) is 3.84. The fraction of sp³-hybridized carbons (Fsp3) is 0.545. The standard InChI is InChI=1S/C11H15BrN2O2/c1-2-14(8-5-6-13-7-8)11(15)9-3-4-10(12)16-9/h3-4,8,13H,2,5-7H2,1H3. The molecule has 0 saturated carbocycles. The Morgan fingerprint density at radius 2 is 2.50 bits per heavy atom. The zero-order valence-electron chi connectivity index (χ0n) is 9.20. The Hall–Kier alpha value is -0.810. The first-order chi connectivity index (χ1) is 7.72. The fourth-order valence-corrected chi connectivity index (χ4v) is 2.35. The Balaban J connectivity index is 2.11. The molecule has 2 heterocycles. The minimum Gasteiger partial charge on any atom is -0.444 e. The molecule has 0 aliphatic carbocycles. The average Bonchev–Trinajstić information content (AvgIpc) is 2.90. The zero-order chi connectivity index (χ0) is 11.5. The number of rotatable bonds is 3. The Morgan fingerprint density at radius 3 is 3.00 bits per heavy atom. The van der Waals surface area contributed by atoms with Gasteiger partial charge in [-0.25, -0.2) is 0 Å². The quantitative estimate of drug-likeness (QED) is 0.923. The monoisotopic (exact) mass is 286 g/mol. The molecule has 0 bridgehead atoms. The highest BCUT2D eigenvalue weighted by molar-refractivity contribution is 9.10. The number of likely N-dealkylation sites (N-methyl/N-ethyl adjacent to an activating group) is 1. The lowest BCUT2D eigenvalue weighted by atomic mass is 10.2. The third-order valence-electron chi connectivity index (χ3n) is 2.86. The van der Waals surface area contributed by atoms with Gasteiger partial charge in [0, 0.05) is 19.1 Å². The van der Waals surface area contributed by atoms with E-state index in [0.29, 0.717) is 23.0 Å². The summed E-state index contributed by atoms with van der Waals surface area (Å²) < 4.78 is 5.89. The van der Waals surface area contributed by atoms with Crippen LogP contribution in [0.5, 0.6) is 0 Å². The molecule has 2 rings (SSSR count). The van der Waals surface area contributed by atoms with Crippen LogP contribution in [0.15, 0.2) is 21.2 Å². The van der Waals surface area contributed by atoms with Crippen molar-refractivity contribution >= 4 is 21.8 Å². The number of hydrogen-bond acceptors (Lipinski definition) is 3. The molecule has 1 atom stereocenters. The van der Waals surface area contributed by atoms with Gasteiger partial charge in [-0.2, -0.15) is 0 Å². The van der Waals surface area contributed by atoms with Gasteiger partial charge in [-0.3, -0.25) is 4.79 Å². The van der Waals surface area contributed by atoms with Crippen molar-refractivity contribution in [2.75, 3.05) is 19.6 Å². The van der Waals surface area contributed by atoms with E-state index in [1.807, 2.05) is 11.8 Å². The molecule has 1 aromatic heterocycles. The zero-order valence-corrected chi connectivity index (χ0v) is 10.8. The maximum absolute atomic E-state index is 12.2. The number of amides is 1. The number of carbonyl (C=O) groups excluding carboxylic acids is 1. The highest BCUT2D eigenvalue weighted by atomic mass is 79.9. The number of nitrogens with one attached hydrogen (secondary N) is 1. The van der Waals surface area contributed by atoms with Crippen LogP contribution < -0.4 is 5.32 Å². The van der Waals surface area contributed by atoms with Crippen LogP contribution in [0.4, 0.5) is 0 Å². The normalized spacial score (nSPS) is 20.0. The molecular formula is C11H15BrN2O2. The van der Waals surface area contributed by atoms with Gasteiger partial charge in [0.15, 0.2) is 10.4 Å². The Morgan fingerprint density at radius 1 is 1.69 bits per heavy atom. The molecule has 1 saturated heterocycles. The Kier molecular flexibility index (Phi) is 3.66. The van der Waals surface area contributed by atoms with Crippen LogP contribution in [-0.2, 0) is 0 Å². The number of halogens is 1. The molecule has 16 heavy (non-hydrogen) atoms. The summed E-state index contributed by atoms with van der Waals surface area (Å²) in [4.78, 5) is 14.0. The van der Waals surface area contributed by atoms with E-state index in [1.165, 1.54) is 0 Å². The van der Waals surface area contributed by atoms with Crippen molar-refractivity contribution < 1.29 is 9.21 Å². The van der Waals surface area contributed by atoms with Crippen LogP contribution in [0.3, 0.4) is 0 Å². The lowest BCUT2D eigenvalue weighted by Crippen LogP contribution is -2.41. The molecular weight excluding hydrogens is 272 g/mol. The van der Waals surface area contributed by atoms with Crippen LogP contribution >= 0.6 is 15.9 Å². The van der Waals surface area contributed by atoms with Crippen molar-refractivity contribution in [2.45, 2.75) is 19.4 Å². The Labute approximate surface area is 103 Å². The summed E-state index contributed by atoms with van der Waals surface area (Å²) in [7, 11) is 0. The maximum Gasteiger partial charge on any atom is 0.289 e. The smallest absolute Gasteiger partial charge is 0.289 e. The summed E-state index contributed by atoms with van der Waals surface area (Å²) in [5, 5.41) is 3.26. The van der Waals surface area contributed by atoms with E-state index in [1.54, 1.807) is 12.1 Å². The SMILES string of the molecule is CCN(C(=O)c1ccc(Br)o1)C1CCNC1. The van der Waals surface area contributed by atoms with Gasteiger partial charge in [0.2, 0.25) is 0 Å². The molecule has 1 N–H and O–H groups in total. The summed E-state index contributed by atoms with van der Waals surface area (Å²) >= 11 is 3.21. The largest absolute Gasteiger partial charge is 0.444 e. The second-order valence-corrected chi connectivity index (χ2v) is 4.62. The van der Waals surface area contributed by atoms with Gasteiger partial charge in [0.25, 0.3) is 5.91 Å². The first-order valence-corrected chi connectivity index (χ1v) is 6.28. The lowest BCUT2D eigenvalue weighted by molar-refractivity contribution is 0.0670. The number of furan rings is 1. The van der Waals surface area contributed by atoms with Crippen molar-refractivity contribution in [3.63, 3.8) is 0 Å². The van der Waals surface area contributed by atoms with Gasteiger partial charge in [-0.05, 0) is 48.0 Å². The topological polar surface area (TPSA) is 45.5 Å². The summed E-state index contributed by atoms with van der Waals surface area (Å²) in [6.45, 7) is 4.56. The van der Waals surface area contributed by atoms with E-state index in [-0.39, 0.29) is 5.91 Å².